The Labute approximate surface area is 156 Å². The lowest BCUT2D eigenvalue weighted by atomic mass is 9.72. The van der Waals surface area contributed by atoms with Crippen molar-refractivity contribution >= 4 is 17.6 Å². The molecule has 140 valence electrons. The standard InChI is InChI=1S/C18H20ClFN2O4/c1-4-24-16(23)18(20)14(11-8-6-7-9-13(11)19)12(10-21)15(22)26-17(18,3)25-5-2/h6-9,14H,4-5,22H2,1-3H3/t14-,17-,18+/m1/s1. The molecule has 0 radical (unpaired) electrons. The van der Waals surface area contributed by atoms with Crippen LogP contribution in [0.1, 0.15) is 32.3 Å². The summed E-state index contributed by atoms with van der Waals surface area (Å²) in [6.07, 6.45) is 0. The van der Waals surface area contributed by atoms with Crippen molar-refractivity contribution < 1.29 is 23.4 Å². The molecule has 0 saturated heterocycles. The normalized spacial score (nSPS) is 28.2. The van der Waals surface area contributed by atoms with Gasteiger partial charge in [0.25, 0.3) is 11.5 Å². The number of ether oxygens (including phenoxy) is 3. The summed E-state index contributed by atoms with van der Waals surface area (Å²) in [5, 5.41) is 9.73. The Morgan fingerprint density at radius 1 is 1.42 bits per heavy atom. The summed E-state index contributed by atoms with van der Waals surface area (Å²) >= 11 is 6.23. The van der Waals surface area contributed by atoms with E-state index >= 15 is 4.39 Å². The lowest BCUT2D eigenvalue weighted by Crippen LogP contribution is -2.64. The zero-order valence-electron chi connectivity index (χ0n) is 14.7. The highest BCUT2D eigenvalue weighted by Crippen LogP contribution is 2.52. The minimum Gasteiger partial charge on any atom is -0.463 e. The van der Waals surface area contributed by atoms with Gasteiger partial charge in [0.05, 0.1) is 12.5 Å². The third-order valence-corrected chi connectivity index (χ3v) is 4.59. The first-order chi connectivity index (χ1) is 12.3. The number of hydrogen-bond acceptors (Lipinski definition) is 6. The summed E-state index contributed by atoms with van der Waals surface area (Å²) in [6.45, 7) is 4.38. The molecule has 8 heteroatoms. The molecule has 6 nitrogen and oxygen atoms in total. The molecule has 26 heavy (non-hydrogen) atoms. The van der Waals surface area contributed by atoms with Crippen molar-refractivity contribution in [2.24, 2.45) is 5.73 Å². The maximum absolute atomic E-state index is 16.5. The number of alkyl halides is 1. The molecule has 1 heterocycles. The molecular formula is C18H20ClFN2O4. The van der Waals surface area contributed by atoms with E-state index in [9.17, 15) is 10.1 Å². The highest BCUT2D eigenvalue weighted by atomic mass is 35.5. The van der Waals surface area contributed by atoms with Gasteiger partial charge in [-0.15, -0.1) is 0 Å². The fourth-order valence-corrected chi connectivity index (χ4v) is 3.34. The first-order valence-electron chi connectivity index (χ1n) is 8.10. The number of carbonyl (C=O) groups is 1. The van der Waals surface area contributed by atoms with Gasteiger partial charge in [0.15, 0.2) is 0 Å². The number of halogens is 2. The molecule has 0 fully saturated rings. The fraction of sp³-hybridized carbons (Fsp3) is 0.444. The Hall–Kier alpha value is -2.30. The van der Waals surface area contributed by atoms with Crippen LogP contribution in [0.25, 0.3) is 0 Å². The van der Waals surface area contributed by atoms with Gasteiger partial charge in [-0.1, -0.05) is 29.8 Å². The molecule has 3 atom stereocenters. The van der Waals surface area contributed by atoms with Crippen LogP contribution in [0.5, 0.6) is 0 Å². The zero-order chi connectivity index (χ0) is 19.5. The Bertz CT molecular complexity index is 779. The minimum atomic E-state index is -2.89. The van der Waals surface area contributed by atoms with E-state index in [0.717, 1.165) is 0 Å². The predicted molar refractivity (Wildman–Crippen MR) is 92.6 cm³/mol. The first-order valence-corrected chi connectivity index (χ1v) is 8.47. The number of nitriles is 1. The molecule has 1 aliphatic heterocycles. The van der Waals surface area contributed by atoms with Crippen LogP contribution in [0.15, 0.2) is 35.7 Å². The van der Waals surface area contributed by atoms with E-state index in [-0.39, 0.29) is 35.3 Å². The van der Waals surface area contributed by atoms with Gasteiger partial charge in [-0.2, -0.15) is 5.26 Å². The number of carbonyl (C=O) groups excluding carboxylic acids is 1. The van der Waals surface area contributed by atoms with Gasteiger partial charge < -0.3 is 19.9 Å². The van der Waals surface area contributed by atoms with Crippen LogP contribution in [0.3, 0.4) is 0 Å². The van der Waals surface area contributed by atoms with E-state index in [0.29, 0.717) is 0 Å². The molecule has 0 spiro atoms. The molecule has 0 aliphatic carbocycles. The molecular weight excluding hydrogens is 363 g/mol. The summed E-state index contributed by atoms with van der Waals surface area (Å²) in [7, 11) is 0. The summed E-state index contributed by atoms with van der Waals surface area (Å²) in [5.74, 6) is -5.11. The second kappa shape index (κ2) is 7.52. The van der Waals surface area contributed by atoms with Crippen molar-refractivity contribution in [1.29, 1.82) is 5.26 Å². The van der Waals surface area contributed by atoms with Gasteiger partial charge in [0.1, 0.15) is 11.6 Å². The van der Waals surface area contributed by atoms with E-state index in [1.807, 2.05) is 6.07 Å². The Balaban J connectivity index is 2.83. The van der Waals surface area contributed by atoms with Gasteiger partial charge >= 0.3 is 5.97 Å². The lowest BCUT2D eigenvalue weighted by molar-refractivity contribution is -0.285. The van der Waals surface area contributed by atoms with Crippen LogP contribution in [0.4, 0.5) is 4.39 Å². The summed E-state index contributed by atoms with van der Waals surface area (Å²) in [5.41, 5.74) is 2.92. The van der Waals surface area contributed by atoms with E-state index < -0.39 is 23.3 Å². The number of esters is 1. The maximum Gasteiger partial charge on any atom is 0.351 e. The van der Waals surface area contributed by atoms with Crippen LogP contribution in [0.2, 0.25) is 5.02 Å². The van der Waals surface area contributed by atoms with Gasteiger partial charge in [0.2, 0.25) is 5.88 Å². The summed E-state index contributed by atoms with van der Waals surface area (Å²) in [4.78, 5) is 12.7. The van der Waals surface area contributed by atoms with Crippen LogP contribution in [-0.2, 0) is 19.0 Å². The number of benzene rings is 1. The first kappa shape index (κ1) is 20.0. The van der Waals surface area contributed by atoms with Gasteiger partial charge in [-0.3, -0.25) is 0 Å². The van der Waals surface area contributed by atoms with Crippen LogP contribution < -0.4 is 5.73 Å². The fourth-order valence-electron chi connectivity index (χ4n) is 3.09. The number of nitrogens with two attached hydrogens (primary N) is 1. The van der Waals surface area contributed by atoms with Crippen molar-refractivity contribution in [1.82, 2.24) is 0 Å². The number of nitrogens with zero attached hydrogens (tertiary/aromatic N) is 1. The van der Waals surface area contributed by atoms with Crippen molar-refractivity contribution in [3.63, 3.8) is 0 Å². The van der Waals surface area contributed by atoms with Crippen LogP contribution in [-0.4, -0.2) is 30.6 Å². The molecule has 0 saturated carbocycles. The second-order valence-electron chi connectivity index (χ2n) is 5.76. The molecule has 2 N–H and O–H groups in total. The third kappa shape index (κ3) is 3.00. The highest BCUT2D eigenvalue weighted by molar-refractivity contribution is 6.31. The summed E-state index contributed by atoms with van der Waals surface area (Å²) in [6, 6.07) is 8.14. The Morgan fingerprint density at radius 2 is 2.08 bits per heavy atom. The average molecular weight is 383 g/mol. The van der Waals surface area contributed by atoms with Crippen LogP contribution in [0, 0.1) is 11.3 Å². The molecule has 0 unspecified atom stereocenters. The molecule has 2 rings (SSSR count). The molecule has 1 aromatic carbocycles. The van der Waals surface area contributed by atoms with Crippen molar-refractivity contribution in [3.8, 4) is 6.07 Å². The number of rotatable bonds is 5. The predicted octanol–water partition coefficient (Wildman–Crippen LogP) is 3.17. The van der Waals surface area contributed by atoms with E-state index in [2.05, 4.69) is 0 Å². The zero-order valence-corrected chi connectivity index (χ0v) is 15.5. The number of allylic oxidation sites excluding steroid dienone is 1. The van der Waals surface area contributed by atoms with E-state index in [4.69, 9.17) is 31.5 Å². The third-order valence-electron chi connectivity index (χ3n) is 4.25. The van der Waals surface area contributed by atoms with Crippen LogP contribution >= 0.6 is 11.6 Å². The monoisotopic (exact) mass is 382 g/mol. The summed E-state index contributed by atoms with van der Waals surface area (Å²) < 4.78 is 32.3. The smallest absolute Gasteiger partial charge is 0.351 e. The molecule has 1 aliphatic rings. The molecule has 0 amide bonds. The topological polar surface area (TPSA) is 94.6 Å². The SMILES string of the molecule is CCOC(=O)[C@@]1(F)[C@H](c2ccccc2Cl)C(C#N)=C(N)O[C@@]1(C)OCC. The molecule has 0 aromatic heterocycles. The van der Waals surface area contributed by atoms with Gasteiger partial charge in [0, 0.05) is 18.6 Å². The van der Waals surface area contributed by atoms with Crippen molar-refractivity contribution in [2.45, 2.75) is 38.1 Å². The lowest BCUT2D eigenvalue weighted by Gasteiger charge is -2.47. The molecule has 1 aromatic rings. The Morgan fingerprint density at radius 3 is 2.62 bits per heavy atom. The molecule has 0 bridgehead atoms. The van der Waals surface area contributed by atoms with Gasteiger partial charge in [-0.05, 0) is 25.5 Å². The minimum absolute atomic E-state index is 0.0337. The largest absolute Gasteiger partial charge is 0.463 e. The van der Waals surface area contributed by atoms with E-state index in [1.165, 1.54) is 19.1 Å². The Kier molecular flexibility index (Phi) is 5.79. The van der Waals surface area contributed by atoms with Gasteiger partial charge in [-0.25, -0.2) is 9.18 Å². The second-order valence-corrected chi connectivity index (χ2v) is 6.16. The average Bonchev–Trinajstić information content (AvgIpc) is 2.59. The quantitative estimate of drug-likeness (QED) is 0.786. The van der Waals surface area contributed by atoms with Crippen molar-refractivity contribution in [3.05, 3.63) is 46.3 Å². The number of hydrogen-bond donors (Lipinski definition) is 1. The maximum atomic E-state index is 16.5. The van der Waals surface area contributed by atoms with Crippen molar-refractivity contribution in [2.75, 3.05) is 13.2 Å². The van der Waals surface area contributed by atoms with E-state index in [1.54, 1.807) is 26.0 Å². The highest BCUT2D eigenvalue weighted by Gasteiger charge is 2.68.